The molecular weight excluding hydrogens is 366 g/mol. The SMILES string of the molecule is Cc1cc(C)cc(-c2cc(NC(=O)c3ccc4c(c3)[nH]c(=O)n4C3CC3)n[nH]2)c1. The number of rotatable bonds is 4. The van der Waals surface area contributed by atoms with Crippen LogP contribution in [0.25, 0.3) is 22.3 Å². The quantitative estimate of drug-likeness (QED) is 0.495. The van der Waals surface area contributed by atoms with Crippen molar-refractivity contribution in [3.05, 3.63) is 69.6 Å². The molecule has 2 aromatic carbocycles. The zero-order valence-electron chi connectivity index (χ0n) is 16.2. The largest absolute Gasteiger partial charge is 0.326 e. The molecule has 0 radical (unpaired) electrons. The fraction of sp³-hybridized carbons (Fsp3) is 0.227. The van der Waals surface area contributed by atoms with Crippen LogP contribution in [-0.4, -0.2) is 25.7 Å². The van der Waals surface area contributed by atoms with Gasteiger partial charge in [-0.3, -0.25) is 14.5 Å². The molecule has 0 bridgehead atoms. The second-order valence-corrected chi connectivity index (χ2v) is 7.76. The number of carbonyl (C=O) groups is 1. The van der Waals surface area contributed by atoms with Gasteiger partial charge >= 0.3 is 5.69 Å². The van der Waals surface area contributed by atoms with Crippen molar-refractivity contribution in [2.45, 2.75) is 32.7 Å². The average Bonchev–Trinajstić information content (AvgIpc) is 3.29. The summed E-state index contributed by atoms with van der Waals surface area (Å²) in [5.41, 5.74) is 6.06. The first-order chi connectivity index (χ1) is 14.0. The molecule has 2 heterocycles. The van der Waals surface area contributed by atoms with E-state index in [0.717, 1.165) is 29.6 Å². The number of aromatic amines is 2. The number of benzene rings is 2. The summed E-state index contributed by atoms with van der Waals surface area (Å²) in [6, 6.07) is 13.6. The maximum atomic E-state index is 12.7. The number of aromatic nitrogens is 4. The van der Waals surface area contributed by atoms with E-state index in [2.05, 4.69) is 38.7 Å². The highest BCUT2D eigenvalue weighted by Gasteiger charge is 2.27. The van der Waals surface area contributed by atoms with Gasteiger partial charge in [-0.05, 0) is 57.0 Å². The lowest BCUT2D eigenvalue weighted by Gasteiger charge is -2.04. The summed E-state index contributed by atoms with van der Waals surface area (Å²) in [5.74, 6) is 0.179. The Morgan fingerprint density at radius 2 is 1.86 bits per heavy atom. The fourth-order valence-electron chi connectivity index (χ4n) is 3.82. The molecule has 3 N–H and O–H groups in total. The zero-order chi connectivity index (χ0) is 20.1. The molecule has 146 valence electrons. The Labute approximate surface area is 166 Å². The maximum absolute atomic E-state index is 12.7. The number of carbonyl (C=O) groups excluding carboxylic acids is 1. The summed E-state index contributed by atoms with van der Waals surface area (Å²) in [4.78, 5) is 27.7. The highest BCUT2D eigenvalue weighted by atomic mass is 16.2. The summed E-state index contributed by atoms with van der Waals surface area (Å²) >= 11 is 0. The average molecular weight is 387 g/mol. The normalized spacial score (nSPS) is 13.7. The van der Waals surface area contributed by atoms with Crippen LogP contribution in [0, 0.1) is 13.8 Å². The van der Waals surface area contributed by atoms with Gasteiger partial charge in [0, 0.05) is 23.2 Å². The number of amides is 1. The summed E-state index contributed by atoms with van der Waals surface area (Å²) in [5, 5.41) is 10.0. The molecule has 0 saturated heterocycles. The van der Waals surface area contributed by atoms with Crippen molar-refractivity contribution in [3.8, 4) is 11.3 Å². The molecule has 1 aliphatic carbocycles. The van der Waals surface area contributed by atoms with Gasteiger partial charge < -0.3 is 10.3 Å². The van der Waals surface area contributed by atoms with E-state index in [9.17, 15) is 9.59 Å². The van der Waals surface area contributed by atoms with Gasteiger partial charge in [0.25, 0.3) is 5.91 Å². The second kappa shape index (κ2) is 6.48. The van der Waals surface area contributed by atoms with E-state index in [0.29, 0.717) is 16.9 Å². The van der Waals surface area contributed by atoms with E-state index in [1.54, 1.807) is 16.7 Å². The first kappa shape index (κ1) is 17.5. The molecule has 7 heteroatoms. The minimum atomic E-state index is -0.273. The fourth-order valence-corrected chi connectivity index (χ4v) is 3.82. The number of imidazole rings is 1. The lowest BCUT2D eigenvalue weighted by molar-refractivity contribution is 0.102. The summed E-state index contributed by atoms with van der Waals surface area (Å²) in [7, 11) is 0. The molecule has 1 amide bonds. The molecule has 0 atom stereocenters. The number of hydrogen-bond donors (Lipinski definition) is 3. The lowest BCUT2D eigenvalue weighted by Crippen LogP contribution is -2.14. The minimum absolute atomic E-state index is 0.120. The highest BCUT2D eigenvalue weighted by Crippen LogP contribution is 2.35. The van der Waals surface area contributed by atoms with E-state index in [1.807, 2.05) is 26.0 Å². The lowest BCUT2D eigenvalue weighted by atomic mass is 10.1. The van der Waals surface area contributed by atoms with Gasteiger partial charge in [-0.25, -0.2) is 4.79 Å². The number of nitrogens with one attached hydrogen (secondary N) is 3. The third kappa shape index (κ3) is 3.24. The van der Waals surface area contributed by atoms with Crippen LogP contribution in [0.1, 0.15) is 40.4 Å². The van der Waals surface area contributed by atoms with Crippen LogP contribution in [0.4, 0.5) is 5.82 Å². The molecule has 1 fully saturated rings. The van der Waals surface area contributed by atoms with Crippen LogP contribution in [0.2, 0.25) is 0 Å². The first-order valence-electron chi connectivity index (χ1n) is 9.67. The van der Waals surface area contributed by atoms with Crippen LogP contribution < -0.4 is 11.0 Å². The molecule has 2 aromatic heterocycles. The van der Waals surface area contributed by atoms with Gasteiger partial charge in [-0.1, -0.05) is 17.2 Å². The van der Waals surface area contributed by atoms with Crippen molar-refractivity contribution in [1.29, 1.82) is 0 Å². The molecule has 1 saturated carbocycles. The predicted molar refractivity (Wildman–Crippen MR) is 112 cm³/mol. The molecule has 0 spiro atoms. The van der Waals surface area contributed by atoms with E-state index in [1.165, 1.54) is 11.1 Å². The van der Waals surface area contributed by atoms with Gasteiger partial charge in [-0.2, -0.15) is 5.10 Å². The van der Waals surface area contributed by atoms with Crippen LogP contribution in [0.15, 0.2) is 47.3 Å². The monoisotopic (exact) mass is 387 g/mol. The van der Waals surface area contributed by atoms with Crippen LogP contribution >= 0.6 is 0 Å². The number of nitrogens with zero attached hydrogens (tertiary/aromatic N) is 2. The number of H-pyrrole nitrogens is 2. The van der Waals surface area contributed by atoms with Crippen molar-refractivity contribution in [3.63, 3.8) is 0 Å². The van der Waals surface area contributed by atoms with Crippen LogP contribution in [0.3, 0.4) is 0 Å². The Morgan fingerprint density at radius 3 is 2.59 bits per heavy atom. The number of aryl methyl sites for hydroxylation is 2. The van der Waals surface area contributed by atoms with E-state index >= 15 is 0 Å². The van der Waals surface area contributed by atoms with E-state index in [-0.39, 0.29) is 17.6 Å². The molecule has 4 aromatic rings. The van der Waals surface area contributed by atoms with Crippen LogP contribution in [0.5, 0.6) is 0 Å². The number of anilines is 1. The van der Waals surface area contributed by atoms with Gasteiger partial charge in [0.05, 0.1) is 16.7 Å². The van der Waals surface area contributed by atoms with Crippen molar-refractivity contribution in [2.75, 3.05) is 5.32 Å². The van der Waals surface area contributed by atoms with E-state index < -0.39 is 0 Å². The van der Waals surface area contributed by atoms with Gasteiger partial charge in [-0.15, -0.1) is 0 Å². The van der Waals surface area contributed by atoms with Crippen molar-refractivity contribution in [1.82, 2.24) is 19.7 Å². The predicted octanol–water partition coefficient (Wildman–Crippen LogP) is 3.92. The molecular formula is C22H21N5O2. The standard InChI is InChI=1S/C22H21N5O2/c1-12-7-13(2)9-15(8-12)17-11-20(26-25-17)24-21(28)14-3-6-19-18(10-14)23-22(29)27(19)16-4-5-16/h3,6-11,16H,4-5H2,1-2H3,(H,23,29)(H2,24,25,26,28). The molecule has 1 aliphatic rings. The molecule has 7 nitrogen and oxygen atoms in total. The number of fused-ring (bicyclic) bond motifs is 1. The topological polar surface area (TPSA) is 95.6 Å². The second-order valence-electron chi connectivity index (χ2n) is 7.76. The molecule has 5 rings (SSSR count). The number of hydrogen-bond acceptors (Lipinski definition) is 3. The Hall–Kier alpha value is -3.61. The third-order valence-corrected chi connectivity index (χ3v) is 5.24. The first-order valence-corrected chi connectivity index (χ1v) is 9.67. The van der Waals surface area contributed by atoms with Crippen molar-refractivity contribution in [2.24, 2.45) is 0 Å². The summed E-state index contributed by atoms with van der Waals surface area (Å²) in [6.07, 6.45) is 2.05. The zero-order valence-corrected chi connectivity index (χ0v) is 16.2. The summed E-state index contributed by atoms with van der Waals surface area (Å²) < 4.78 is 1.78. The molecule has 0 unspecified atom stereocenters. The van der Waals surface area contributed by atoms with Gasteiger partial charge in [0.15, 0.2) is 5.82 Å². The molecule has 0 aliphatic heterocycles. The van der Waals surface area contributed by atoms with E-state index in [4.69, 9.17) is 0 Å². The van der Waals surface area contributed by atoms with Gasteiger partial charge in [0.1, 0.15) is 0 Å². The van der Waals surface area contributed by atoms with Crippen molar-refractivity contribution < 1.29 is 4.79 Å². The molecule has 29 heavy (non-hydrogen) atoms. The smallest absolute Gasteiger partial charge is 0.306 e. The third-order valence-electron chi connectivity index (χ3n) is 5.24. The van der Waals surface area contributed by atoms with Crippen molar-refractivity contribution >= 4 is 22.8 Å². The summed E-state index contributed by atoms with van der Waals surface area (Å²) in [6.45, 7) is 4.10. The Morgan fingerprint density at radius 1 is 1.10 bits per heavy atom. The Balaban J connectivity index is 1.39. The van der Waals surface area contributed by atoms with Crippen LogP contribution in [-0.2, 0) is 0 Å². The Bertz CT molecular complexity index is 1290. The maximum Gasteiger partial charge on any atom is 0.326 e. The Kier molecular flexibility index (Phi) is 3.91. The highest BCUT2D eigenvalue weighted by molar-refractivity contribution is 6.05. The minimum Gasteiger partial charge on any atom is -0.306 e. The van der Waals surface area contributed by atoms with Gasteiger partial charge in [0.2, 0.25) is 0 Å².